The van der Waals surface area contributed by atoms with Gasteiger partial charge in [0.15, 0.2) is 0 Å². The molecule has 39 heavy (non-hydrogen) atoms. The number of rotatable bonds is 1. The van der Waals surface area contributed by atoms with Crippen molar-refractivity contribution in [2.75, 3.05) is 0 Å². The van der Waals surface area contributed by atoms with Gasteiger partial charge in [0.05, 0.1) is 16.6 Å². The lowest BCUT2D eigenvalue weighted by Crippen LogP contribution is -2.41. The monoisotopic (exact) mass is 524 g/mol. The Bertz CT molecular complexity index is 1810. The fourth-order valence-corrected chi connectivity index (χ4v) is 7.98. The predicted molar refractivity (Wildman–Crippen MR) is 161 cm³/mol. The molecule has 1 atom stereocenters. The van der Waals surface area contributed by atoms with Gasteiger partial charge in [-0.1, -0.05) is 103 Å². The third kappa shape index (κ3) is 3.03. The second-order valence-electron chi connectivity index (χ2n) is 11.9. The molecule has 190 valence electrons. The van der Waals surface area contributed by atoms with Crippen molar-refractivity contribution in [2.45, 2.75) is 54.1 Å². The molecule has 1 saturated heterocycles. The minimum absolute atomic E-state index is 0.391. The van der Waals surface area contributed by atoms with Crippen LogP contribution in [0.1, 0.15) is 49.9 Å². The van der Waals surface area contributed by atoms with Crippen molar-refractivity contribution < 1.29 is 9.31 Å². The number of hydrogen-bond donors (Lipinski definition) is 0. The highest BCUT2D eigenvalue weighted by Crippen LogP contribution is 2.62. The van der Waals surface area contributed by atoms with Gasteiger partial charge in [0.25, 0.3) is 0 Å². The van der Waals surface area contributed by atoms with Gasteiger partial charge in [0.1, 0.15) is 0 Å². The van der Waals surface area contributed by atoms with Gasteiger partial charge < -0.3 is 9.31 Å². The van der Waals surface area contributed by atoms with E-state index in [-0.39, 0.29) is 0 Å². The first-order valence-corrected chi connectivity index (χ1v) is 14.5. The number of fused-ring (bicyclic) bond motifs is 11. The topological polar surface area (TPSA) is 18.5 Å². The van der Waals surface area contributed by atoms with Crippen molar-refractivity contribution >= 4 is 35.1 Å². The summed E-state index contributed by atoms with van der Waals surface area (Å²) in [7, 11) is -0.410. The lowest BCUT2D eigenvalue weighted by molar-refractivity contribution is 0.00578. The van der Waals surface area contributed by atoms with Gasteiger partial charge in [-0.3, -0.25) is 0 Å². The first-order chi connectivity index (χ1) is 18.8. The molecule has 5 aromatic carbocycles. The molecule has 0 N–H and O–H groups in total. The molecule has 2 nitrogen and oxygen atoms in total. The maximum absolute atomic E-state index is 6.53. The molecule has 5 aromatic rings. The first-order valence-electron chi connectivity index (χ1n) is 13.7. The molecule has 0 radical (unpaired) electrons. The van der Waals surface area contributed by atoms with Crippen molar-refractivity contribution in [3.63, 3.8) is 0 Å². The van der Waals surface area contributed by atoms with E-state index in [2.05, 4.69) is 131 Å². The van der Waals surface area contributed by atoms with E-state index in [9.17, 15) is 0 Å². The average Bonchev–Trinajstić information content (AvgIpc) is 3.36. The molecule has 1 fully saturated rings. The molecule has 1 spiro atoms. The molecule has 0 amide bonds. The Hall–Kier alpha value is -3.31. The van der Waals surface area contributed by atoms with Gasteiger partial charge in [-0.05, 0) is 89.4 Å². The van der Waals surface area contributed by atoms with Crippen LogP contribution >= 0.6 is 11.8 Å². The van der Waals surface area contributed by atoms with E-state index in [0.29, 0.717) is 0 Å². The minimum Gasteiger partial charge on any atom is -0.399 e. The molecular formula is C35H29BO2S. The molecule has 0 aromatic heterocycles. The van der Waals surface area contributed by atoms with Crippen LogP contribution < -0.4 is 5.46 Å². The fourth-order valence-electron chi connectivity index (χ4n) is 6.81. The van der Waals surface area contributed by atoms with E-state index < -0.39 is 23.7 Å². The van der Waals surface area contributed by atoms with Crippen LogP contribution in [-0.4, -0.2) is 18.3 Å². The van der Waals surface area contributed by atoms with E-state index in [1.807, 2.05) is 11.8 Å². The summed E-state index contributed by atoms with van der Waals surface area (Å²) in [6, 6.07) is 38.2. The van der Waals surface area contributed by atoms with Gasteiger partial charge >= 0.3 is 7.12 Å². The Morgan fingerprint density at radius 1 is 0.590 bits per heavy atom. The zero-order chi connectivity index (χ0) is 26.6. The normalized spacial score (nSPS) is 21.5. The maximum Gasteiger partial charge on any atom is 0.494 e. The van der Waals surface area contributed by atoms with Gasteiger partial charge in [-0.25, -0.2) is 0 Å². The van der Waals surface area contributed by atoms with Crippen LogP contribution in [0.2, 0.25) is 0 Å². The predicted octanol–water partition coefficient (Wildman–Crippen LogP) is 7.97. The quantitative estimate of drug-likeness (QED) is 0.203. The molecule has 1 unspecified atom stereocenters. The Morgan fingerprint density at radius 3 is 2.08 bits per heavy atom. The minimum atomic E-state index is -0.424. The summed E-state index contributed by atoms with van der Waals surface area (Å²) in [6.45, 7) is 8.47. The summed E-state index contributed by atoms with van der Waals surface area (Å²) in [4.78, 5) is 2.59. The van der Waals surface area contributed by atoms with Crippen LogP contribution in [0.5, 0.6) is 0 Å². The Kier molecular flexibility index (Phi) is 4.76. The molecule has 1 aliphatic carbocycles. The zero-order valence-electron chi connectivity index (χ0n) is 22.6. The van der Waals surface area contributed by atoms with Gasteiger partial charge in [0, 0.05) is 9.79 Å². The summed E-state index contributed by atoms with van der Waals surface area (Å²) in [6.07, 6.45) is 0. The highest BCUT2D eigenvalue weighted by atomic mass is 32.2. The third-order valence-corrected chi connectivity index (χ3v) is 10.5. The SMILES string of the molecule is CC1(C)OB(c2ccc3c(c2)C2(c4ccccc4S3)c3ccccc3-c3c2ccc2ccccc32)OC1(C)C. The molecule has 0 saturated carbocycles. The summed E-state index contributed by atoms with van der Waals surface area (Å²) >= 11 is 1.87. The molecule has 2 heterocycles. The molecule has 8 rings (SSSR count). The van der Waals surface area contributed by atoms with Crippen molar-refractivity contribution in [1.29, 1.82) is 0 Å². The lowest BCUT2D eigenvalue weighted by atomic mass is 9.65. The van der Waals surface area contributed by atoms with Crippen molar-refractivity contribution in [2.24, 2.45) is 0 Å². The van der Waals surface area contributed by atoms with Crippen molar-refractivity contribution in [3.05, 3.63) is 125 Å². The lowest BCUT2D eigenvalue weighted by Gasteiger charge is -2.40. The first kappa shape index (κ1) is 23.6. The van der Waals surface area contributed by atoms with Crippen molar-refractivity contribution in [1.82, 2.24) is 0 Å². The molecule has 4 heteroatoms. The maximum atomic E-state index is 6.53. The van der Waals surface area contributed by atoms with Crippen LogP contribution in [0.25, 0.3) is 21.9 Å². The highest BCUT2D eigenvalue weighted by molar-refractivity contribution is 7.99. The second kappa shape index (κ2) is 7.88. The standard InChI is InChI=1S/C35H29BO2S/c1-33(2)34(3,4)38-36(37-33)23-18-20-31-29(21-23)35(27-15-9-10-16-30(27)39-31)26-14-8-7-13-25(26)32-24-12-6-5-11-22(24)17-19-28(32)35/h5-21H,1-4H3. The van der Waals surface area contributed by atoms with E-state index in [1.165, 1.54) is 53.9 Å². The Labute approximate surface area is 234 Å². The number of hydrogen-bond acceptors (Lipinski definition) is 3. The largest absolute Gasteiger partial charge is 0.494 e. The summed E-state index contributed by atoms with van der Waals surface area (Å²) in [5, 5.41) is 2.58. The summed E-state index contributed by atoms with van der Waals surface area (Å²) < 4.78 is 13.1. The summed E-state index contributed by atoms with van der Waals surface area (Å²) in [5.74, 6) is 0. The molecule has 3 aliphatic rings. The second-order valence-corrected chi connectivity index (χ2v) is 13.0. The smallest absolute Gasteiger partial charge is 0.399 e. The van der Waals surface area contributed by atoms with Gasteiger partial charge in [-0.2, -0.15) is 0 Å². The number of benzene rings is 5. The summed E-state index contributed by atoms with van der Waals surface area (Å²) in [5.41, 5.74) is 7.87. The van der Waals surface area contributed by atoms with E-state index in [0.717, 1.165) is 5.46 Å². The third-order valence-electron chi connectivity index (χ3n) is 9.38. The zero-order valence-corrected chi connectivity index (χ0v) is 23.4. The molecule has 2 aliphatic heterocycles. The van der Waals surface area contributed by atoms with E-state index >= 15 is 0 Å². The highest BCUT2D eigenvalue weighted by Gasteiger charge is 2.54. The van der Waals surface area contributed by atoms with Crippen LogP contribution in [-0.2, 0) is 14.7 Å². The van der Waals surface area contributed by atoms with Gasteiger partial charge in [0.2, 0.25) is 0 Å². The van der Waals surface area contributed by atoms with Crippen LogP contribution in [0.15, 0.2) is 113 Å². The fraction of sp³-hybridized carbons (Fsp3) is 0.200. The van der Waals surface area contributed by atoms with Crippen LogP contribution in [0, 0.1) is 0 Å². The van der Waals surface area contributed by atoms with Crippen molar-refractivity contribution in [3.8, 4) is 11.1 Å². The average molecular weight is 524 g/mol. The molecular weight excluding hydrogens is 495 g/mol. The van der Waals surface area contributed by atoms with Gasteiger partial charge in [-0.15, -0.1) is 0 Å². The van der Waals surface area contributed by atoms with E-state index in [1.54, 1.807) is 0 Å². The molecule has 0 bridgehead atoms. The van der Waals surface area contributed by atoms with E-state index in [4.69, 9.17) is 9.31 Å². The Morgan fingerprint density at radius 2 is 1.26 bits per heavy atom. The Balaban J connectivity index is 1.46. The van der Waals surface area contributed by atoms with Crippen LogP contribution in [0.3, 0.4) is 0 Å². The van der Waals surface area contributed by atoms with Crippen LogP contribution in [0.4, 0.5) is 0 Å².